The van der Waals surface area contributed by atoms with Crippen molar-refractivity contribution in [3.05, 3.63) is 45.5 Å². The van der Waals surface area contributed by atoms with Crippen LogP contribution in [0.1, 0.15) is 17.3 Å². The third kappa shape index (κ3) is 3.81. The van der Waals surface area contributed by atoms with Gasteiger partial charge in [0.1, 0.15) is 17.4 Å². The van der Waals surface area contributed by atoms with E-state index in [0.29, 0.717) is 39.9 Å². The molecular formula is C15H15N5O3S. The van der Waals surface area contributed by atoms with Gasteiger partial charge >= 0.3 is 0 Å². The van der Waals surface area contributed by atoms with Gasteiger partial charge in [-0.05, 0) is 12.1 Å². The Balaban J connectivity index is 1.62. The molecule has 1 amide bonds. The summed E-state index contributed by atoms with van der Waals surface area (Å²) >= 11 is 1.26. The Hall–Kier alpha value is -2.65. The molecule has 1 aromatic carbocycles. The lowest BCUT2D eigenvalue weighted by molar-refractivity contribution is -0.116. The Bertz CT molecular complexity index is 921. The van der Waals surface area contributed by atoms with Crippen molar-refractivity contribution in [2.24, 2.45) is 0 Å². The van der Waals surface area contributed by atoms with Crippen molar-refractivity contribution in [2.75, 3.05) is 12.4 Å². The van der Waals surface area contributed by atoms with Gasteiger partial charge in [-0.3, -0.25) is 9.59 Å². The lowest BCUT2D eigenvalue weighted by Gasteiger charge is -2.03. The normalized spacial score (nSPS) is 10.9. The van der Waals surface area contributed by atoms with Gasteiger partial charge in [0.15, 0.2) is 0 Å². The second-order valence-electron chi connectivity index (χ2n) is 5.01. The van der Waals surface area contributed by atoms with Crippen LogP contribution in [0.25, 0.3) is 10.9 Å². The molecule has 2 N–H and O–H groups in total. The predicted molar refractivity (Wildman–Crippen MR) is 89.9 cm³/mol. The van der Waals surface area contributed by atoms with Crippen LogP contribution in [0.4, 0.5) is 5.13 Å². The van der Waals surface area contributed by atoms with Crippen LogP contribution in [0.3, 0.4) is 0 Å². The van der Waals surface area contributed by atoms with Crippen LogP contribution in [0.15, 0.2) is 29.1 Å². The molecule has 0 aliphatic carbocycles. The van der Waals surface area contributed by atoms with Gasteiger partial charge in [0, 0.05) is 20.0 Å². The molecule has 24 heavy (non-hydrogen) atoms. The van der Waals surface area contributed by atoms with Gasteiger partial charge in [0.05, 0.1) is 10.9 Å². The van der Waals surface area contributed by atoms with Gasteiger partial charge in [-0.25, -0.2) is 4.98 Å². The molecule has 0 radical (unpaired) electrons. The Morgan fingerprint density at radius 1 is 1.33 bits per heavy atom. The summed E-state index contributed by atoms with van der Waals surface area (Å²) in [5, 5.41) is 12.1. The largest absolute Gasteiger partial charge is 0.377 e. The number of anilines is 1. The summed E-state index contributed by atoms with van der Waals surface area (Å²) in [6.45, 7) is 0.357. The average Bonchev–Trinajstić information content (AvgIpc) is 3.00. The van der Waals surface area contributed by atoms with Gasteiger partial charge in [-0.15, -0.1) is 10.2 Å². The molecule has 3 aromatic rings. The van der Waals surface area contributed by atoms with Gasteiger partial charge in [0.2, 0.25) is 11.0 Å². The molecule has 0 aliphatic heterocycles. The molecule has 2 heterocycles. The maximum absolute atomic E-state index is 12.0. The quantitative estimate of drug-likeness (QED) is 0.700. The SMILES string of the molecule is COCc1nnc(NC(=O)CCc2nc3ccccc3c(=O)[nH]2)s1. The standard InChI is InChI=1S/C15H15N5O3S/c1-23-8-13-19-20-15(24-13)18-12(21)7-6-11-16-10-5-3-2-4-9(10)14(22)17-11/h2-5H,6-8H2,1H3,(H,16,17,22)(H,18,20,21). The molecule has 0 saturated heterocycles. The van der Waals surface area contributed by atoms with Crippen LogP contribution in [-0.4, -0.2) is 33.2 Å². The van der Waals surface area contributed by atoms with Crippen molar-refractivity contribution in [1.82, 2.24) is 20.2 Å². The molecule has 0 bridgehead atoms. The van der Waals surface area contributed by atoms with Crippen LogP contribution in [-0.2, 0) is 22.6 Å². The highest BCUT2D eigenvalue weighted by molar-refractivity contribution is 7.15. The molecule has 0 aliphatic rings. The first kappa shape index (κ1) is 16.2. The monoisotopic (exact) mass is 345 g/mol. The van der Waals surface area contributed by atoms with Crippen molar-refractivity contribution in [2.45, 2.75) is 19.4 Å². The summed E-state index contributed by atoms with van der Waals surface area (Å²) in [5.41, 5.74) is 0.411. The number of aromatic amines is 1. The first-order valence-electron chi connectivity index (χ1n) is 7.25. The lowest BCUT2D eigenvalue weighted by Crippen LogP contribution is -2.16. The van der Waals surface area contributed by atoms with E-state index in [2.05, 4.69) is 25.5 Å². The van der Waals surface area contributed by atoms with Crippen molar-refractivity contribution < 1.29 is 9.53 Å². The fourth-order valence-electron chi connectivity index (χ4n) is 2.15. The van der Waals surface area contributed by atoms with Crippen molar-refractivity contribution in [1.29, 1.82) is 0 Å². The molecule has 8 nitrogen and oxygen atoms in total. The average molecular weight is 345 g/mol. The van der Waals surface area contributed by atoms with Crippen LogP contribution in [0.5, 0.6) is 0 Å². The fourth-order valence-corrected chi connectivity index (χ4v) is 2.88. The maximum atomic E-state index is 12.0. The van der Waals surface area contributed by atoms with E-state index in [-0.39, 0.29) is 17.9 Å². The lowest BCUT2D eigenvalue weighted by atomic mass is 10.2. The van der Waals surface area contributed by atoms with Crippen LogP contribution in [0, 0.1) is 0 Å². The maximum Gasteiger partial charge on any atom is 0.258 e. The van der Waals surface area contributed by atoms with E-state index in [0.717, 1.165) is 0 Å². The van der Waals surface area contributed by atoms with Gasteiger partial charge in [-0.1, -0.05) is 23.5 Å². The number of nitrogens with one attached hydrogen (secondary N) is 2. The van der Waals surface area contributed by atoms with Crippen molar-refractivity contribution >= 4 is 33.3 Å². The third-order valence-electron chi connectivity index (χ3n) is 3.23. The number of fused-ring (bicyclic) bond motifs is 1. The van der Waals surface area contributed by atoms with Gasteiger partial charge < -0.3 is 15.0 Å². The number of para-hydroxylation sites is 1. The topological polar surface area (TPSA) is 110 Å². The number of carbonyl (C=O) groups excluding carboxylic acids is 1. The minimum absolute atomic E-state index is 0.181. The van der Waals surface area contributed by atoms with Crippen LogP contribution >= 0.6 is 11.3 Å². The summed E-state index contributed by atoms with van der Waals surface area (Å²) in [7, 11) is 1.57. The summed E-state index contributed by atoms with van der Waals surface area (Å²) in [6.07, 6.45) is 0.510. The molecule has 0 saturated carbocycles. The zero-order valence-corrected chi connectivity index (χ0v) is 13.7. The highest BCUT2D eigenvalue weighted by Crippen LogP contribution is 2.16. The molecular weight excluding hydrogens is 330 g/mol. The zero-order valence-electron chi connectivity index (χ0n) is 12.9. The van der Waals surface area contributed by atoms with E-state index in [9.17, 15) is 9.59 Å². The minimum atomic E-state index is -0.217. The van der Waals surface area contributed by atoms with E-state index < -0.39 is 0 Å². The van der Waals surface area contributed by atoms with Crippen molar-refractivity contribution in [3.63, 3.8) is 0 Å². The summed E-state index contributed by atoms with van der Waals surface area (Å²) in [6, 6.07) is 7.09. The Kier molecular flexibility index (Phi) is 4.92. The number of nitrogens with zero attached hydrogens (tertiary/aromatic N) is 3. The number of aryl methyl sites for hydroxylation is 1. The zero-order chi connectivity index (χ0) is 16.9. The van der Waals surface area contributed by atoms with Gasteiger partial charge in [0.25, 0.3) is 5.56 Å². The number of hydrogen-bond donors (Lipinski definition) is 2. The minimum Gasteiger partial charge on any atom is -0.377 e. The van der Waals surface area contributed by atoms with E-state index in [1.54, 1.807) is 25.3 Å². The number of aromatic nitrogens is 4. The fraction of sp³-hybridized carbons (Fsp3) is 0.267. The molecule has 0 spiro atoms. The van der Waals surface area contributed by atoms with E-state index in [4.69, 9.17) is 4.74 Å². The Morgan fingerprint density at radius 3 is 3.00 bits per heavy atom. The first-order chi connectivity index (χ1) is 11.7. The number of methoxy groups -OCH3 is 1. The summed E-state index contributed by atoms with van der Waals surface area (Å²) in [5.74, 6) is 0.261. The van der Waals surface area contributed by atoms with Crippen molar-refractivity contribution in [3.8, 4) is 0 Å². The van der Waals surface area contributed by atoms with Crippen LogP contribution in [0.2, 0.25) is 0 Å². The molecule has 2 aromatic heterocycles. The molecule has 0 fully saturated rings. The van der Waals surface area contributed by atoms with E-state index in [1.807, 2.05) is 6.07 Å². The van der Waals surface area contributed by atoms with E-state index in [1.165, 1.54) is 11.3 Å². The van der Waals surface area contributed by atoms with Crippen LogP contribution < -0.4 is 10.9 Å². The highest BCUT2D eigenvalue weighted by atomic mass is 32.1. The third-order valence-corrected chi connectivity index (χ3v) is 4.04. The number of amides is 1. The number of ether oxygens (including phenoxy) is 1. The number of rotatable bonds is 6. The van der Waals surface area contributed by atoms with Gasteiger partial charge in [-0.2, -0.15) is 0 Å². The molecule has 9 heteroatoms. The Labute approximate surface area is 140 Å². The smallest absolute Gasteiger partial charge is 0.258 e. The summed E-state index contributed by atoms with van der Waals surface area (Å²) in [4.78, 5) is 31.0. The number of carbonyl (C=O) groups is 1. The number of hydrogen-bond acceptors (Lipinski definition) is 7. The molecule has 0 atom stereocenters. The predicted octanol–water partition coefficient (Wildman–Crippen LogP) is 1.49. The molecule has 124 valence electrons. The first-order valence-corrected chi connectivity index (χ1v) is 8.06. The number of H-pyrrole nitrogens is 1. The second kappa shape index (κ2) is 7.28. The molecule has 0 unspecified atom stereocenters. The second-order valence-corrected chi connectivity index (χ2v) is 6.07. The number of benzene rings is 1. The summed E-state index contributed by atoms with van der Waals surface area (Å²) < 4.78 is 4.95. The molecule has 3 rings (SSSR count). The Morgan fingerprint density at radius 2 is 2.17 bits per heavy atom. The highest BCUT2D eigenvalue weighted by Gasteiger charge is 2.10. The van der Waals surface area contributed by atoms with E-state index >= 15 is 0 Å².